The standard InChI is InChI=1S/C20H25NO7S/c1-26-17-5-3-4-14(20(17)27-2)6-9-19(23)28-12-18(22)21(15-7-8-15)16-10-11-29(24,25)13-16/h3-6,9,15-16H,7-8,10-13H2,1-2H3/b9-6+/t16-/m0/s1. The Balaban J connectivity index is 1.59. The maximum absolute atomic E-state index is 12.6. The summed E-state index contributed by atoms with van der Waals surface area (Å²) < 4.78 is 39.1. The van der Waals surface area contributed by atoms with E-state index >= 15 is 0 Å². The van der Waals surface area contributed by atoms with Crippen molar-refractivity contribution < 1.29 is 32.2 Å². The van der Waals surface area contributed by atoms with Gasteiger partial charge in [-0.3, -0.25) is 4.79 Å². The first-order chi connectivity index (χ1) is 13.8. The number of ether oxygens (including phenoxy) is 3. The van der Waals surface area contributed by atoms with E-state index in [1.165, 1.54) is 26.4 Å². The molecule has 1 aromatic rings. The Morgan fingerprint density at radius 3 is 2.48 bits per heavy atom. The van der Waals surface area contributed by atoms with Crippen molar-refractivity contribution >= 4 is 27.8 Å². The smallest absolute Gasteiger partial charge is 0.331 e. The Hall–Kier alpha value is -2.55. The number of rotatable bonds is 8. The predicted molar refractivity (Wildman–Crippen MR) is 106 cm³/mol. The van der Waals surface area contributed by atoms with Crippen LogP contribution in [0.15, 0.2) is 24.3 Å². The van der Waals surface area contributed by atoms with Crippen molar-refractivity contribution in [3.8, 4) is 11.5 Å². The second-order valence-corrected chi connectivity index (χ2v) is 9.34. The highest BCUT2D eigenvalue weighted by atomic mass is 32.2. The average molecular weight is 423 g/mol. The van der Waals surface area contributed by atoms with Crippen LogP contribution in [0, 0.1) is 0 Å². The van der Waals surface area contributed by atoms with Gasteiger partial charge in [0.1, 0.15) is 0 Å². The number of hydrogen-bond acceptors (Lipinski definition) is 7. The molecule has 1 heterocycles. The summed E-state index contributed by atoms with van der Waals surface area (Å²) in [6.07, 6.45) is 4.88. The van der Waals surface area contributed by atoms with Gasteiger partial charge in [0, 0.05) is 23.7 Å². The van der Waals surface area contributed by atoms with Crippen molar-refractivity contribution in [2.75, 3.05) is 32.3 Å². The molecule has 2 aliphatic rings. The summed E-state index contributed by atoms with van der Waals surface area (Å²) >= 11 is 0. The highest BCUT2D eigenvalue weighted by Crippen LogP contribution is 2.33. The Kier molecular flexibility index (Phi) is 6.46. The van der Waals surface area contributed by atoms with Crippen molar-refractivity contribution in [2.24, 2.45) is 0 Å². The lowest BCUT2D eigenvalue weighted by atomic mass is 10.1. The molecular weight excluding hydrogens is 398 g/mol. The van der Waals surface area contributed by atoms with Gasteiger partial charge in [-0.1, -0.05) is 12.1 Å². The zero-order valence-corrected chi connectivity index (χ0v) is 17.3. The summed E-state index contributed by atoms with van der Waals surface area (Å²) in [5.41, 5.74) is 0.630. The number of hydrogen-bond donors (Lipinski definition) is 0. The number of sulfone groups is 1. The first kappa shape index (κ1) is 21.2. The summed E-state index contributed by atoms with van der Waals surface area (Å²) in [4.78, 5) is 26.2. The number of amides is 1. The van der Waals surface area contributed by atoms with Gasteiger partial charge in [0.25, 0.3) is 5.91 Å². The van der Waals surface area contributed by atoms with Crippen LogP contribution in [0.3, 0.4) is 0 Å². The highest BCUT2D eigenvalue weighted by Gasteiger charge is 2.42. The quantitative estimate of drug-likeness (QED) is 0.461. The lowest BCUT2D eigenvalue weighted by molar-refractivity contribution is -0.149. The van der Waals surface area contributed by atoms with E-state index in [1.807, 2.05) is 0 Å². The Bertz CT molecular complexity index is 905. The summed E-state index contributed by atoms with van der Waals surface area (Å²) in [5, 5.41) is 0. The molecule has 2 fully saturated rings. The molecule has 29 heavy (non-hydrogen) atoms. The number of benzene rings is 1. The van der Waals surface area contributed by atoms with Crippen molar-refractivity contribution in [1.82, 2.24) is 4.90 Å². The molecule has 1 aliphatic carbocycles. The zero-order valence-electron chi connectivity index (χ0n) is 16.5. The molecule has 0 unspecified atom stereocenters. The van der Waals surface area contributed by atoms with E-state index in [0.29, 0.717) is 23.5 Å². The van der Waals surface area contributed by atoms with Crippen LogP contribution in [-0.4, -0.2) is 69.6 Å². The molecule has 0 bridgehead atoms. The SMILES string of the molecule is COc1cccc(/C=C/C(=O)OCC(=O)N(C2CC2)[C@H]2CCS(=O)(=O)C2)c1OC. The first-order valence-electron chi connectivity index (χ1n) is 9.42. The minimum atomic E-state index is -3.10. The van der Waals surface area contributed by atoms with Gasteiger partial charge in [-0.05, 0) is 31.4 Å². The summed E-state index contributed by atoms with van der Waals surface area (Å²) in [5.74, 6) is 0.0771. The summed E-state index contributed by atoms with van der Waals surface area (Å²) in [6.45, 7) is -0.411. The number of para-hydroxylation sites is 1. The molecular formula is C20H25NO7S. The van der Waals surface area contributed by atoms with E-state index in [-0.39, 0.29) is 29.5 Å². The first-order valence-corrected chi connectivity index (χ1v) is 11.2. The Labute approximate surface area is 170 Å². The minimum Gasteiger partial charge on any atom is -0.493 e. The largest absolute Gasteiger partial charge is 0.493 e. The summed E-state index contributed by atoms with van der Waals surface area (Å²) in [7, 11) is -0.0755. The fourth-order valence-electron chi connectivity index (χ4n) is 3.51. The third-order valence-corrected chi connectivity index (χ3v) is 6.75. The molecule has 0 aromatic heterocycles. The van der Waals surface area contributed by atoms with E-state index in [4.69, 9.17) is 14.2 Å². The van der Waals surface area contributed by atoms with Gasteiger partial charge in [0.15, 0.2) is 27.9 Å². The van der Waals surface area contributed by atoms with E-state index in [1.54, 1.807) is 23.1 Å². The van der Waals surface area contributed by atoms with Gasteiger partial charge in [-0.2, -0.15) is 0 Å². The van der Waals surface area contributed by atoms with Gasteiger partial charge in [-0.15, -0.1) is 0 Å². The van der Waals surface area contributed by atoms with Gasteiger partial charge in [0.05, 0.1) is 25.7 Å². The minimum absolute atomic E-state index is 0.0152. The van der Waals surface area contributed by atoms with E-state index in [0.717, 1.165) is 12.8 Å². The lowest BCUT2D eigenvalue weighted by Crippen LogP contribution is -2.44. The number of methoxy groups -OCH3 is 2. The molecule has 158 valence electrons. The van der Waals surface area contributed by atoms with Crippen LogP contribution in [0.5, 0.6) is 11.5 Å². The predicted octanol–water partition coefficient (Wildman–Crippen LogP) is 1.44. The fraction of sp³-hybridized carbons (Fsp3) is 0.500. The second-order valence-electron chi connectivity index (χ2n) is 7.11. The molecule has 1 atom stereocenters. The van der Waals surface area contributed by atoms with Crippen LogP contribution in [0.25, 0.3) is 6.08 Å². The topological polar surface area (TPSA) is 99.2 Å². The van der Waals surface area contributed by atoms with Gasteiger partial charge < -0.3 is 19.1 Å². The average Bonchev–Trinajstić information content (AvgIpc) is 3.46. The van der Waals surface area contributed by atoms with Gasteiger partial charge in [-0.25, -0.2) is 13.2 Å². The normalized spacial score (nSPS) is 20.4. The lowest BCUT2D eigenvalue weighted by Gasteiger charge is -2.28. The molecule has 8 nitrogen and oxygen atoms in total. The molecule has 0 N–H and O–H groups in total. The molecule has 9 heteroatoms. The van der Waals surface area contributed by atoms with Gasteiger partial charge in [0.2, 0.25) is 0 Å². The maximum Gasteiger partial charge on any atom is 0.331 e. The Morgan fingerprint density at radius 2 is 1.90 bits per heavy atom. The number of nitrogens with zero attached hydrogens (tertiary/aromatic N) is 1. The van der Waals surface area contributed by atoms with Crippen molar-refractivity contribution in [3.05, 3.63) is 29.8 Å². The van der Waals surface area contributed by atoms with Crippen LogP contribution >= 0.6 is 0 Å². The molecule has 1 aliphatic heterocycles. The van der Waals surface area contributed by atoms with Crippen LogP contribution in [0.4, 0.5) is 0 Å². The van der Waals surface area contributed by atoms with Crippen LogP contribution in [-0.2, 0) is 24.2 Å². The van der Waals surface area contributed by atoms with E-state index in [9.17, 15) is 18.0 Å². The number of esters is 1. The third-order valence-electron chi connectivity index (χ3n) is 5.00. The van der Waals surface area contributed by atoms with E-state index < -0.39 is 22.4 Å². The monoisotopic (exact) mass is 423 g/mol. The van der Waals surface area contributed by atoms with E-state index in [2.05, 4.69) is 0 Å². The highest BCUT2D eigenvalue weighted by molar-refractivity contribution is 7.91. The molecule has 1 saturated heterocycles. The molecule has 0 radical (unpaired) electrons. The molecule has 1 saturated carbocycles. The molecule has 1 amide bonds. The van der Waals surface area contributed by atoms with Crippen molar-refractivity contribution in [1.29, 1.82) is 0 Å². The fourth-order valence-corrected chi connectivity index (χ4v) is 5.22. The number of carbonyl (C=O) groups excluding carboxylic acids is 2. The van der Waals surface area contributed by atoms with Crippen molar-refractivity contribution in [2.45, 2.75) is 31.3 Å². The molecule has 1 aromatic carbocycles. The maximum atomic E-state index is 12.6. The number of carbonyl (C=O) groups is 2. The van der Waals surface area contributed by atoms with Crippen LogP contribution in [0.2, 0.25) is 0 Å². The molecule has 3 rings (SSSR count). The Morgan fingerprint density at radius 1 is 1.14 bits per heavy atom. The second kappa shape index (κ2) is 8.86. The van der Waals surface area contributed by atoms with Crippen molar-refractivity contribution in [3.63, 3.8) is 0 Å². The molecule has 0 spiro atoms. The van der Waals surface area contributed by atoms with Gasteiger partial charge >= 0.3 is 5.97 Å². The van der Waals surface area contributed by atoms with Crippen LogP contribution in [0.1, 0.15) is 24.8 Å². The zero-order chi connectivity index (χ0) is 21.0. The third kappa shape index (κ3) is 5.29. The summed E-state index contributed by atoms with van der Waals surface area (Å²) in [6, 6.07) is 4.99. The van der Waals surface area contributed by atoms with Crippen LogP contribution < -0.4 is 9.47 Å².